The van der Waals surface area contributed by atoms with E-state index in [1.54, 1.807) is 4.52 Å². The molecular formula is C21H21N5. The summed E-state index contributed by atoms with van der Waals surface area (Å²) in [6, 6.07) is 18.6. The molecule has 0 aliphatic carbocycles. The van der Waals surface area contributed by atoms with Gasteiger partial charge in [-0.05, 0) is 44.0 Å². The van der Waals surface area contributed by atoms with E-state index in [4.69, 9.17) is 0 Å². The monoisotopic (exact) mass is 343 g/mol. The van der Waals surface area contributed by atoms with E-state index in [1.807, 2.05) is 25.1 Å². The highest BCUT2D eigenvalue weighted by Crippen LogP contribution is 2.22. The van der Waals surface area contributed by atoms with E-state index >= 15 is 0 Å². The predicted molar refractivity (Wildman–Crippen MR) is 105 cm³/mol. The lowest BCUT2D eigenvalue weighted by Gasteiger charge is -2.09. The van der Waals surface area contributed by atoms with Crippen LogP contribution in [0.25, 0.3) is 17.2 Å². The Morgan fingerprint density at radius 2 is 1.77 bits per heavy atom. The van der Waals surface area contributed by atoms with Crippen molar-refractivity contribution in [3.63, 3.8) is 0 Å². The number of aryl methyl sites for hydroxylation is 3. The minimum Gasteiger partial charge on any atom is -0.340 e. The number of anilines is 2. The molecule has 0 aliphatic rings. The Morgan fingerprint density at radius 1 is 0.962 bits per heavy atom. The Morgan fingerprint density at radius 3 is 2.50 bits per heavy atom. The Balaban J connectivity index is 1.76. The molecule has 26 heavy (non-hydrogen) atoms. The van der Waals surface area contributed by atoms with E-state index in [2.05, 4.69) is 70.6 Å². The lowest BCUT2D eigenvalue weighted by molar-refractivity contribution is 0.940. The lowest BCUT2D eigenvalue weighted by Crippen LogP contribution is -2.02. The average molecular weight is 343 g/mol. The van der Waals surface area contributed by atoms with Gasteiger partial charge < -0.3 is 5.32 Å². The molecule has 0 spiro atoms. The fourth-order valence-corrected chi connectivity index (χ4v) is 2.95. The normalized spacial score (nSPS) is 11.0. The maximum atomic E-state index is 4.68. The van der Waals surface area contributed by atoms with Crippen molar-refractivity contribution in [2.24, 2.45) is 0 Å². The van der Waals surface area contributed by atoms with Crippen molar-refractivity contribution < 1.29 is 0 Å². The number of benzene rings is 2. The molecule has 4 aromatic rings. The molecule has 1 N–H and O–H groups in total. The number of fused-ring (bicyclic) bond motifs is 1. The van der Waals surface area contributed by atoms with Gasteiger partial charge in [0.15, 0.2) is 5.82 Å². The molecule has 0 fully saturated rings. The summed E-state index contributed by atoms with van der Waals surface area (Å²) in [5, 5.41) is 8.11. The van der Waals surface area contributed by atoms with E-state index < -0.39 is 0 Å². The third kappa shape index (κ3) is 3.16. The molecule has 2 aromatic heterocycles. The summed E-state index contributed by atoms with van der Waals surface area (Å²) < 4.78 is 1.76. The van der Waals surface area contributed by atoms with Crippen LogP contribution < -0.4 is 5.32 Å². The van der Waals surface area contributed by atoms with Crippen LogP contribution >= 0.6 is 0 Å². The van der Waals surface area contributed by atoms with E-state index in [1.165, 1.54) is 11.1 Å². The van der Waals surface area contributed by atoms with Crippen LogP contribution in [0.1, 0.15) is 23.7 Å². The fraction of sp³-hybridized carbons (Fsp3) is 0.190. The Kier molecular flexibility index (Phi) is 4.13. The summed E-state index contributed by atoms with van der Waals surface area (Å²) in [4.78, 5) is 9.14. The van der Waals surface area contributed by atoms with Crippen LogP contribution in [-0.2, 0) is 6.42 Å². The molecule has 0 radical (unpaired) electrons. The highest BCUT2D eigenvalue weighted by Gasteiger charge is 2.12. The largest absolute Gasteiger partial charge is 0.340 e. The van der Waals surface area contributed by atoms with Crippen molar-refractivity contribution in [3.05, 3.63) is 71.4 Å². The highest BCUT2D eigenvalue weighted by molar-refractivity contribution is 5.62. The zero-order chi connectivity index (χ0) is 18.1. The first-order valence-corrected chi connectivity index (χ1v) is 8.80. The molecule has 0 bridgehead atoms. The first-order chi connectivity index (χ1) is 12.6. The van der Waals surface area contributed by atoms with Crippen LogP contribution in [0.2, 0.25) is 0 Å². The standard InChI is InChI=1S/C21H21N5/c1-4-16-8-10-18(11-9-16)23-19-13-15(3)22-21-24-20(25-26(19)21)17-7-5-6-14(2)12-17/h5-13,23H,4H2,1-3H3. The van der Waals surface area contributed by atoms with Crippen LogP contribution in [0.5, 0.6) is 0 Å². The Bertz CT molecular complexity index is 1060. The number of hydrogen-bond acceptors (Lipinski definition) is 4. The molecule has 5 nitrogen and oxygen atoms in total. The summed E-state index contributed by atoms with van der Waals surface area (Å²) in [5.74, 6) is 2.12. The number of nitrogens with one attached hydrogen (secondary N) is 1. The molecular weight excluding hydrogens is 322 g/mol. The molecule has 2 aromatic carbocycles. The van der Waals surface area contributed by atoms with Crippen LogP contribution in [0.15, 0.2) is 54.6 Å². The summed E-state index contributed by atoms with van der Waals surface area (Å²) in [6.07, 6.45) is 1.03. The molecule has 0 saturated carbocycles. The Labute approximate surface area is 152 Å². The maximum Gasteiger partial charge on any atom is 0.254 e. The maximum absolute atomic E-state index is 4.68. The van der Waals surface area contributed by atoms with Crippen molar-refractivity contribution in [1.29, 1.82) is 0 Å². The molecule has 5 heteroatoms. The number of rotatable bonds is 4. The van der Waals surface area contributed by atoms with E-state index in [0.29, 0.717) is 11.6 Å². The summed E-state index contributed by atoms with van der Waals surface area (Å²) in [7, 11) is 0. The second kappa shape index (κ2) is 6.59. The second-order valence-electron chi connectivity index (χ2n) is 6.47. The number of nitrogens with zero attached hydrogens (tertiary/aromatic N) is 4. The first kappa shape index (κ1) is 16.3. The molecule has 0 unspecified atom stereocenters. The van der Waals surface area contributed by atoms with Crippen LogP contribution in [-0.4, -0.2) is 19.6 Å². The molecule has 0 aliphatic heterocycles. The number of aromatic nitrogens is 4. The van der Waals surface area contributed by atoms with Gasteiger partial charge in [0.2, 0.25) is 0 Å². The van der Waals surface area contributed by atoms with E-state index in [9.17, 15) is 0 Å². The van der Waals surface area contributed by atoms with Crippen LogP contribution in [0, 0.1) is 13.8 Å². The van der Waals surface area contributed by atoms with Gasteiger partial charge >= 0.3 is 0 Å². The smallest absolute Gasteiger partial charge is 0.254 e. The predicted octanol–water partition coefficient (Wildman–Crippen LogP) is 4.71. The molecule has 4 rings (SSSR count). The molecule has 130 valence electrons. The molecule has 2 heterocycles. The fourth-order valence-electron chi connectivity index (χ4n) is 2.95. The van der Waals surface area contributed by atoms with E-state index in [-0.39, 0.29) is 0 Å². The average Bonchev–Trinajstić information content (AvgIpc) is 3.06. The van der Waals surface area contributed by atoms with Gasteiger partial charge in [-0.1, -0.05) is 42.8 Å². The summed E-state index contributed by atoms with van der Waals surface area (Å²) in [5.41, 5.74) is 5.40. The van der Waals surface area contributed by atoms with Gasteiger partial charge in [-0.3, -0.25) is 0 Å². The summed E-state index contributed by atoms with van der Waals surface area (Å²) in [6.45, 7) is 6.18. The van der Waals surface area contributed by atoms with Gasteiger partial charge in [-0.15, -0.1) is 5.10 Å². The topological polar surface area (TPSA) is 55.1 Å². The third-order valence-corrected chi connectivity index (χ3v) is 4.35. The molecule has 0 amide bonds. The van der Waals surface area contributed by atoms with Gasteiger partial charge in [0.1, 0.15) is 5.82 Å². The van der Waals surface area contributed by atoms with Gasteiger partial charge in [-0.2, -0.15) is 9.50 Å². The van der Waals surface area contributed by atoms with Crippen molar-refractivity contribution in [2.75, 3.05) is 5.32 Å². The second-order valence-corrected chi connectivity index (χ2v) is 6.47. The molecule has 0 atom stereocenters. The Hall–Kier alpha value is -3.21. The van der Waals surface area contributed by atoms with Crippen molar-refractivity contribution in [2.45, 2.75) is 27.2 Å². The van der Waals surface area contributed by atoms with Gasteiger partial charge in [-0.25, -0.2) is 4.98 Å². The zero-order valence-electron chi connectivity index (χ0n) is 15.2. The lowest BCUT2D eigenvalue weighted by atomic mass is 10.1. The highest BCUT2D eigenvalue weighted by atomic mass is 15.4. The zero-order valence-corrected chi connectivity index (χ0v) is 15.2. The minimum atomic E-state index is 0.592. The van der Waals surface area contributed by atoms with Gasteiger partial charge in [0, 0.05) is 23.0 Å². The minimum absolute atomic E-state index is 0.592. The van der Waals surface area contributed by atoms with E-state index in [0.717, 1.165) is 29.2 Å². The summed E-state index contributed by atoms with van der Waals surface area (Å²) >= 11 is 0. The SMILES string of the molecule is CCc1ccc(Nc2cc(C)nc3nc(-c4cccc(C)c4)nn23)cc1. The van der Waals surface area contributed by atoms with Crippen LogP contribution in [0.3, 0.4) is 0 Å². The first-order valence-electron chi connectivity index (χ1n) is 8.80. The van der Waals surface area contributed by atoms with Crippen molar-refractivity contribution in [1.82, 2.24) is 19.6 Å². The van der Waals surface area contributed by atoms with Crippen molar-refractivity contribution in [3.8, 4) is 11.4 Å². The van der Waals surface area contributed by atoms with Gasteiger partial charge in [0.25, 0.3) is 5.78 Å². The van der Waals surface area contributed by atoms with Crippen molar-refractivity contribution >= 4 is 17.3 Å². The van der Waals surface area contributed by atoms with Crippen LogP contribution in [0.4, 0.5) is 11.5 Å². The number of hydrogen-bond donors (Lipinski definition) is 1. The third-order valence-electron chi connectivity index (χ3n) is 4.35. The van der Waals surface area contributed by atoms with Gasteiger partial charge in [0.05, 0.1) is 0 Å². The quantitative estimate of drug-likeness (QED) is 0.583. The molecule has 0 saturated heterocycles.